The van der Waals surface area contributed by atoms with Gasteiger partial charge in [-0.05, 0) is 18.6 Å². The van der Waals surface area contributed by atoms with Crippen molar-refractivity contribution < 1.29 is 18.1 Å². The highest BCUT2D eigenvalue weighted by atomic mass is 32.2. The van der Waals surface area contributed by atoms with Gasteiger partial charge in [0.2, 0.25) is 0 Å². The molecule has 28 heavy (non-hydrogen) atoms. The molecule has 1 heterocycles. The van der Waals surface area contributed by atoms with E-state index in [0.29, 0.717) is 17.9 Å². The van der Waals surface area contributed by atoms with E-state index in [4.69, 9.17) is 15.6 Å². The van der Waals surface area contributed by atoms with Gasteiger partial charge in [-0.1, -0.05) is 25.1 Å². The number of primary sulfonamides is 1. The minimum Gasteiger partial charge on any atom is -0.493 e. The van der Waals surface area contributed by atoms with E-state index in [1.807, 2.05) is 6.92 Å². The summed E-state index contributed by atoms with van der Waals surface area (Å²) in [4.78, 5) is 14.7. The molecule has 0 saturated carbocycles. The number of hydrogen-bond donors (Lipinski definition) is 3. The van der Waals surface area contributed by atoms with E-state index in [1.54, 1.807) is 24.3 Å². The normalized spacial score (nSPS) is 15.9. The molecule has 1 atom stereocenters. The highest BCUT2D eigenvalue weighted by molar-refractivity contribution is 8.05. The van der Waals surface area contributed by atoms with Gasteiger partial charge in [0.1, 0.15) is 17.6 Å². The Hall–Kier alpha value is -3.18. The van der Waals surface area contributed by atoms with Gasteiger partial charge in [-0.2, -0.15) is 0 Å². The van der Waals surface area contributed by atoms with Gasteiger partial charge in [0.05, 0.1) is 11.5 Å². The number of fused-ring (bicyclic) bond motifs is 1. The average Bonchev–Trinajstić information content (AvgIpc) is 2.64. The van der Waals surface area contributed by atoms with Crippen LogP contribution in [0.25, 0.3) is 0 Å². The molecule has 0 saturated heterocycles. The molecule has 0 aliphatic carbocycles. The molecule has 1 aliphatic heterocycles. The first kappa shape index (κ1) is 19.6. The summed E-state index contributed by atoms with van der Waals surface area (Å²) >= 11 is 0. The van der Waals surface area contributed by atoms with Crippen LogP contribution in [0.1, 0.15) is 30.6 Å². The molecule has 2 aromatic rings. The molecule has 1 aliphatic rings. The maximum atomic E-state index is 12.1. The molecular formula is C17H19N5O5S. The first-order valence-corrected chi connectivity index (χ1v) is 9.94. The predicted molar refractivity (Wildman–Crippen MR) is 106 cm³/mol. The molecule has 5 N–H and O–H groups in total. The fourth-order valence-corrected chi connectivity index (χ4v) is 3.58. The van der Waals surface area contributed by atoms with E-state index in [2.05, 4.69) is 10.3 Å². The van der Waals surface area contributed by atoms with Crippen LogP contribution in [0.2, 0.25) is 0 Å². The van der Waals surface area contributed by atoms with Gasteiger partial charge >= 0.3 is 0 Å². The number of anilines is 2. The summed E-state index contributed by atoms with van der Waals surface area (Å²) in [6, 6.07) is 9.40. The zero-order chi connectivity index (χ0) is 20.5. The van der Waals surface area contributed by atoms with Crippen molar-refractivity contribution in [1.29, 1.82) is 0 Å². The molecule has 0 fully saturated rings. The number of rotatable bonds is 5. The number of nitro groups is 1. The van der Waals surface area contributed by atoms with Gasteiger partial charge in [-0.15, -0.1) is 0 Å². The van der Waals surface area contributed by atoms with Crippen LogP contribution in [0.4, 0.5) is 17.1 Å². The molecule has 0 radical (unpaired) electrons. The molecule has 0 aromatic heterocycles. The van der Waals surface area contributed by atoms with Crippen molar-refractivity contribution >= 4 is 32.1 Å². The highest BCUT2D eigenvalue weighted by Crippen LogP contribution is 2.38. The van der Waals surface area contributed by atoms with E-state index in [9.17, 15) is 18.5 Å². The fraction of sp³-hybridized carbons (Fsp3) is 0.235. The van der Waals surface area contributed by atoms with Crippen molar-refractivity contribution in [3.63, 3.8) is 0 Å². The number of nitrogens with one attached hydrogen (secondary N) is 1. The second-order valence-electron chi connectivity index (χ2n) is 6.13. The Labute approximate surface area is 161 Å². The molecule has 0 bridgehead atoms. The van der Waals surface area contributed by atoms with E-state index in [-0.39, 0.29) is 16.9 Å². The molecule has 11 heteroatoms. The molecule has 3 rings (SSSR count). The third-order valence-corrected chi connectivity index (χ3v) is 4.94. The zero-order valence-electron chi connectivity index (χ0n) is 15.0. The highest BCUT2D eigenvalue weighted by Gasteiger charge is 2.32. The van der Waals surface area contributed by atoms with Crippen LogP contribution in [0.3, 0.4) is 0 Å². The third kappa shape index (κ3) is 3.75. The second kappa shape index (κ2) is 7.44. The second-order valence-corrected chi connectivity index (χ2v) is 7.60. The van der Waals surface area contributed by atoms with Crippen LogP contribution in [0, 0.1) is 10.1 Å². The number of nitrogens with two attached hydrogens (primary N) is 2. The first-order valence-electron chi connectivity index (χ1n) is 8.39. The Balaban J connectivity index is 2.16. The number of sulfonamides is 1. The molecule has 10 nitrogen and oxygen atoms in total. The average molecular weight is 405 g/mol. The van der Waals surface area contributed by atoms with E-state index < -0.39 is 31.8 Å². The van der Waals surface area contributed by atoms with Gasteiger partial charge in [0.25, 0.3) is 15.7 Å². The largest absolute Gasteiger partial charge is 0.493 e. The Morgan fingerprint density at radius 3 is 2.68 bits per heavy atom. The fourth-order valence-electron chi connectivity index (χ4n) is 2.85. The number of para-hydroxylation sites is 1. The zero-order valence-corrected chi connectivity index (χ0v) is 15.8. The summed E-state index contributed by atoms with van der Waals surface area (Å²) in [6.07, 6.45) is -0.0315. The van der Waals surface area contributed by atoms with Crippen molar-refractivity contribution in [2.24, 2.45) is 10.1 Å². The lowest BCUT2D eigenvalue weighted by molar-refractivity contribution is -0.383. The summed E-state index contributed by atoms with van der Waals surface area (Å²) in [5, 5.41) is 19.1. The third-order valence-electron chi connectivity index (χ3n) is 4.08. The topological polar surface area (TPSA) is 163 Å². The van der Waals surface area contributed by atoms with Gasteiger partial charge in [0, 0.05) is 22.9 Å². The van der Waals surface area contributed by atoms with E-state index >= 15 is 0 Å². The maximum Gasteiger partial charge on any atom is 0.292 e. The predicted octanol–water partition coefficient (Wildman–Crippen LogP) is 2.13. The Kier molecular flexibility index (Phi) is 5.21. The molecule has 2 aromatic carbocycles. The minimum absolute atomic E-state index is 0.00777. The lowest BCUT2D eigenvalue weighted by Crippen LogP contribution is -2.30. The summed E-state index contributed by atoms with van der Waals surface area (Å²) in [5.74, 6) is 0.540. The van der Waals surface area contributed by atoms with Crippen LogP contribution < -0.4 is 20.9 Å². The van der Waals surface area contributed by atoms with Crippen LogP contribution >= 0.6 is 0 Å². The number of nitrogen functional groups attached to an aromatic ring is 1. The summed E-state index contributed by atoms with van der Waals surface area (Å²) in [6.45, 7) is 2.44. The lowest BCUT2D eigenvalue weighted by Gasteiger charge is -2.26. The summed E-state index contributed by atoms with van der Waals surface area (Å²) in [5.41, 5.74) is 6.08. The SMILES string of the molecule is CCCOc1ccccc1C1N=C(S(N)(=O)=O)c2cc([N+](=O)[O-])c(N)cc2N1. The summed E-state index contributed by atoms with van der Waals surface area (Å²) in [7, 11) is -4.26. The quantitative estimate of drug-likeness (QED) is 0.389. The molecule has 148 valence electrons. The Bertz CT molecular complexity index is 1070. The molecule has 0 amide bonds. The lowest BCUT2D eigenvalue weighted by atomic mass is 10.1. The van der Waals surface area contributed by atoms with E-state index in [1.165, 1.54) is 6.07 Å². The molecule has 0 spiro atoms. The van der Waals surface area contributed by atoms with Crippen molar-refractivity contribution in [1.82, 2.24) is 0 Å². The minimum atomic E-state index is -4.26. The number of aliphatic imine (C=N–C) groups is 1. The standard InChI is InChI=1S/C17H19N5O5S/c1-2-7-27-15-6-4-3-5-10(15)16-20-13-9-12(18)14(22(23)24)8-11(13)17(21-16)28(19,25)26/h3-6,8-9,16,20H,2,7,18H2,1H3,(H2,19,25,26). The monoisotopic (exact) mass is 405 g/mol. The molecular weight excluding hydrogens is 386 g/mol. The maximum absolute atomic E-state index is 12.1. The Morgan fingerprint density at radius 2 is 2.04 bits per heavy atom. The van der Waals surface area contributed by atoms with E-state index in [0.717, 1.165) is 12.5 Å². The number of nitrogens with zero attached hydrogens (tertiary/aromatic N) is 2. The van der Waals surface area contributed by atoms with Crippen molar-refractivity contribution in [3.8, 4) is 5.75 Å². The van der Waals surface area contributed by atoms with Crippen LogP contribution in [0.15, 0.2) is 41.4 Å². The molecule has 1 unspecified atom stereocenters. The van der Waals surface area contributed by atoms with Gasteiger partial charge in [-0.3, -0.25) is 10.1 Å². The summed E-state index contributed by atoms with van der Waals surface area (Å²) < 4.78 is 30.0. The number of benzene rings is 2. The first-order chi connectivity index (χ1) is 13.2. The van der Waals surface area contributed by atoms with Gasteiger partial charge in [0.15, 0.2) is 5.04 Å². The van der Waals surface area contributed by atoms with Crippen LogP contribution in [-0.2, 0) is 10.0 Å². The smallest absolute Gasteiger partial charge is 0.292 e. The number of hydrogen-bond acceptors (Lipinski definition) is 8. The van der Waals surface area contributed by atoms with Gasteiger partial charge in [-0.25, -0.2) is 18.5 Å². The van der Waals surface area contributed by atoms with Crippen LogP contribution in [-0.4, -0.2) is 25.0 Å². The number of nitro benzene ring substituents is 1. The van der Waals surface area contributed by atoms with Crippen molar-refractivity contribution in [2.45, 2.75) is 19.5 Å². The van der Waals surface area contributed by atoms with Crippen molar-refractivity contribution in [2.75, 3.05) is 17.7 Å². The van der Waals surface area contributed by atoms with Gasteiger partial charge < -0.3 is 15.8 Å². The number of ether oxygens (including phenoxy) is 1. The van der Waals surface area contributed by atoms with Crippen molar-refractivity contribution in [3.05, 3.63) is 57.6 Å². The Morgan fingerprint density at radius 1 is 1.32 bits per heavy atom. The van der Waals surface area contributed by atoms with Crippen LogP contribution in [0.5, 0.6) is 5.75 Å².